The van der Waals surface area contributed by atoms with Crippen LogP contribution in [0.25, 0.3) is 0 Å². The molecule has 0 spiro atoms. The van der Waals surface area contributed by atoms with Crippen LogP contribution in [-0.4, -0.2) is 12.3 Å². The standard InChI is InChI=1S/C20H25NS/c1-22-19-14-12-17(13-15-19)20(16-8-4-2-5-9-16)21-18-10-6-3-7-11-18/h2,4-5,8-9,12-15,18,20-21H,3,6-7,10-11H2,1H3. The minimum atomic E-state index is 0.306. The van der Waals surface area contributed by atoms with Gasteiger partial charge in [0, 0.05) is 10.9 Å². The van der Waals surface area contributed by atoms with E-state index in [4.69, 9.17) is 0 Å². The summed E-state index contributed by atoms with van der Waals surface area (Å²) in [5.41, 5.74) is 2.74. The Balaban J connectivity index is 1.84. The molecule has 1 N–H and O–H groups in total. The van der Waals surface area contributed by atoms with E-state index in [1.54, 1.807) is 11.8 Å². The van der Waals surface area contributed by atoms with Crippen LogP contribution in [0, 0.1) is 0 Å². The molecule has 1 fully saturated rings. The van der Waals surface area contributed by atoms with Crippen LogP contribution in [0.15, 0.2) is 59.5 Å². The lowest BCUT2D eigenvalue weighted by molar-refractivity contribution is 0.354. The monoisotopic (exact) mass is 311 g/mol. The number of hydrogen-bond acceptors (Lipinski definition) is 2. The lowest BCUT2D eigenvalue weighted by Gasteiger charge is -2.29. The summed E-state index contributed by atoms with van der Waals surface area (Å²) >= 11 is 1.80. The molecule has 2 heteroatoms. The lowest BCUT2D eigenvalue weighted by atomic mass is 9.92. The molecule has 1 saturated carbocycles. The average molecular weight is 311 g/mol. The molecule has 1 unspecified atom stereocenters. The van der Waals surface area contributed by atoms with Crippen molar-refractivity contribution in [2.45, 2.75) is 49.1 Å². The highest BCUT2D eigenvalue weighted by Crippen LogP contribution is 2.27. The molecule has 2 aromatic carbocycles. The molecule has 0 aromatic heterocycles. The highest BCUT2D eigenvalue weighted by Gasteiger charge is 2.20. The van der Waals surface area contributed by atoms with Gasteiger partial charge in [-0.3, -0.25) is 0 Å². The van der Waals surface area contributed by atoms with Gasteiger partial charge >= 0.3 is 0 Å². The summed E-state index contributed by atoms with van der Waals surface area (Å²) in [6.45, 7) is 0. The number of thioether (sulfide) groups is 1. The molecule has 1 aliphatic carbocycles. The molecule has 0 amide bonds. The third kappa shape index (κ3) is 3.93. The fourth-order valence-electron chi connectivity index (χ4n) is 3.33. The van der Waals surface area contributed by atoms with E-state index in [1.807, 2.05) is 0 Å². The summed E-state index contributed by atoms with van der Waals surface area (Å²) in [7, 11) is 0. The van der Waals surface area contributed by atoms with E-state index in [9.17, 15) is 0 Å². The van der Waals surface area contributed by atoms with Crippen LogP contribution in [0.4, 0.5) is 0 Å². The van der Waals surface area contributed by atoms with Crippen molar-refractivity contribution in [1.82, 2.24) is 5.32 Å². The average Bonchev–Trinajstić information content (AvgIpc) is 2.61. The van der Waals surface area contributed by atoms with Gasteiger partial charge < -0.3 is 5.32 Å². The fraction of sp³-hybridized carbons (Fsp3) is 0.400. The Hall–Kier alpha value is -1.25. The highest BCUT2D eigenvalue weighted by atomic mass is 32.2. The largest absolute Gasteiger partial charge is 0.303 e. The number of rotatable bonds is 5. The molecule has 116 valence electrons. The number of hydrogen-bond donors (Lipinski definition) is 1. The first kappa shape index (κ1) is 15.6. The molecule has 0 saturated heterocycles. The predicted octanol–water partition coefficient (Wildman–Crippen LogP) is 5.42. The summed E-state index contributed by atoms with van der Waals surface area (Å²) in [5, 5.41) is 3.92. The maximum absolute atomic E-state index is 3.92. The third-order valence-electron chi connectivity index (χ3n) is 4.59. The zero-order chi connectivity index (χ0) is 15.2. The minimum Gasteiger partial charge on any atom is -0.303 e. The molecule has 22 heavy (non-hydrogen) atoms. The molecule has 1 aliphatic rings. The van der Waals surface area contributed by atoms with Crippen LogP contribution in [0.1, 0.15) is 49.3 Å². The van der Waals surface area contributed by atoms with E-state index < -0.39 is 0 Å². The van der Waals surface area contributed by atoms with E-state index in [1.165, 1.54) is 48.1 Å². The van der Waals surface area contributed by atoms with Crippen LogP contribution in [0.3, 0.4) is 0 Å². The van der Waals surface area contributed by atoms with Crippen molar-refractivity contribution in [2.24, 2.45) is 0 Å². The first-order valence-electron chi connectivity index (χ1n) is 8.32. The van der Waals surface area contributed by atoms with Crippen LogP contribution in [0.5, 0.6) is 0 Å². The molecule has 0 radical (unpaired) electrons. The smallest absolute Gasteiger partial charge is 0.0578 e. The molecule has 1 nitrogen and oxygen atoms in total. The molecule has 0 heterocycles. The fourth-order valence-corrected chi connectivity index (χ4v) is 3.74. The Morgan fingerprint density at radius 3 is 2.14 bits per heavy atom. The van der Waals surface area contributed by atoms with Crippen molar-refractivity contribution < 1.29 is 0 Å². The second kappa shape index (κ2) is 7.85. The number of nitrogens with one attached hydrogen (secondary N) is 1. The molecule has 0 bridgehead atoms. The van der Waals surface area contributed by atoms with Crippen molar-refractivity contribution in [3.63, 3.8) is 0 Å². The predicted molar refractivity (Wildman–Crippen MR) is 96.5 cm³/mol. The molecular weight excluding hydrogens is 286 g/mol. The maximum atomic E-state index is 3.92. The van der Waals surface area contributed by atoms with Crippen molar-refractivity contribution >= 4 is 11.8 Å². The van der Waals surface area contributed by atoms with Gasteiger partial charge in [0.2, 0.25) is 0 Å². The van der Waals surface area contributed by atoms with Gasteiger partial charge in [0.15, 0.2) is 0 Å². The summed E-state index contributed by atoms with van der Waals surface area (Å²) < 4.78 is 0. The van der Waals surface area contributed by atoms with Crippen LogP contribution in [0.2, 0.25) is 0 Å². The van der Waals surface area contributed by atoms with E-state index >= 15 is 0 Å². The second-order valence-electron chi connectivity index (χ2n) is 6.12. The van der Waals surface area contributed by atoms with Gasteiger partial charge in [0.05, 0.1) is 6.04 Å². The quantitative estimate of drug-likeness (QED) is 0.740. The number of benzene rings is 2. The van der Waals surface area contributed by atoms with Crippen molar-refractivity contribution in [3.05, 3.63) is 65.7 Å². The molecule has 2 aromatic rings. The summed E-state index contributed by atoms with van der Waals surface area (Å²) in [5.74, 6) is 0. The Morgan fingerprint density at radius 1 is 0.864 bits per heavy atom. The second-order valence-corrected chi connectivity index (χ2v) is 7.00. The maximum Gasteiger partial charge on any atom is 0.0578 e. The van der Waals surface area contributed by atoms with E-state index in [2.05, 4.69) is 66.2 Å². The van der Waals surface area contributed by atoms with Crippen LogP contribution < -0.4 is 5.32 Å². The topological polar surface area (TPSA) is 12.0 Å². The Morgan fingerprint density at radius 2 is 1.50 bits per heavy atom. The van der Waals surface area contributed by atoms with Crippen molar-refractivity contribution in [1.29, 1.82) is 0 Å². The lowest BCUT2D eigenvalue weighted by Crippen LogP contribution is -2.35. The summed E-state index contributed by atoms with van der Waals surface area (Å²) in [6, 6.07) is 20.8. The van der Waals surface area contributed by atoms with E-state index in [-0.39, 0.29) is 0 Å². The zero-order valence-electron chi connectivity index (χ0n) is 13.3. The Kier molecular flexibility index (Phi) is 5.58. The summed E-state index contributed by atoms with van der Waals surface area (Å²) in [4.78, 5) is 1.33. The van der Waals surface area contributed by atoms with Gasteiger partial charge in [-0.1, -0.05) is 61.7 Å². The van der Waals surface area contributed by atoms with Crippen LogP contribution >= 0.6 is 11.8 Å². The SMILES string of the molecule is CSc1ccc(C(NC2CCCCC2)c2ccccc2)cc1. The first-order valence-corrected chi connectivity index (χ1v) is 9.54. The van der Waals surface area contributed by atoms with Crippen LogP contribution in [-0.2, 0) is 0 Å². The highest BCUT2D eigenvalue weighted by molar-refractivity contribution is 7.98. The van der Waals surface area contributed by atoms with Crippen molar-refractivity contribution in [2.75, 3.05) is 6.26 Å². The van der Waals surface area contributed by atoms with Crippen molar-refractivity contribution in [3.8, 4) is 0 Å². The van der Waals surface area contributed by atoms with Gasteiger partial charge in [-0.15, -0.1) is 11.8 Å². The van der Waals surface area contributed by atoms with Gasteiger partial charge in [-0.05, 0) is 42.4 Å². The Bertz CT molecular complexity index is 558. The van der Waals surface area contributed by atoms with E-state index in [0.29, 0.717) is 12.1 Å². The molecule has 3 rings (SSSR count). The molecule has 1 atom stereocenters. The third-order valence-corrected chi connectivity index (χ3v) is 5.33. The molecule has 0 aliphatic heterocycles. The Labute approximate surface area is 138 Å². The zero-order valence-corrected chi connectivity index (χ0v) is 14.1. The minimum absolute atomic E-state index is 0.306. The normalized spacial score (nSPS) is 17.3. The first-order chi connectivity index (χ1) is 10.9. The van der Waals surface area contributed by atoms with E-state index in [0.717, 1.165) is 0 Å². The van der Waals surface area contributed by atoms with Gasteiger partial charge in [0.25, 0.3) is 0 Å². The van der Waals surface area contributed by atoms with Gasteiger partial charge in [-0.2, -0.15) is 0 Å². The van der Waals surface area contributed by atoms with Gasteiger partial charge in [-0.25, -0.2) is 0 Å². The summed E-state index contributed by atoms with van der Waals surface area (Å²) in [6.07, 6.45) is 8.88. The molecular formula is C20H25NS. The van der Waals surface area contributed by atoms with Gasteiger partial charge in [0.1, 0.15) is 0 Å².